The number of nitrogens with one attached hydrogen (secondary N) is 1. The van der Waals surface area contributed by atoms with E-state index in [1.54, 1.807) is 0 Å². The van der Waals surface area contributed by atoms with E-state index in [-0.39, 0.29) is 0 Å². The lowest BCUT2D eigenvalue weighted by Crippen LogP contribution is -2.43. The number of ether oxygens (including phenoxy) is 1. The lowest BCUT2D eigenvalue weighted by molar-refractivity contribution is 0.259. The molecule has 1 N–H and O–H groups in total. The highest BCUT2D eigenvalue weighted by Crippen LogP contribution is 2.27. The van der Waals surface area contributed by atoms with Gasteiger partial charge in [0.2, 0.25) is 0 Å². The number of hydrogen-bond donors (Lipinski definition) is 1. The number of benzene rings is 1. The maximum Gasteiger partial charge on any atom is 0.285 e. The van der Waals surface area contributed by atoms with E-state index in [9.17, 15) is 0 Å². The van der Waals surface area contributed by atoms with Gasteiger partial charge in [0.1, 0.15) is 6.61 Å². The SMILES string of the molecule is c1ccc(C[C@H]2CCCC[C@@H]2NC2=NCCO2)cc1. The minimum Gasteiger partial charge on any atom is -0.463 e. The highest BCUT2D eigenvalue weighted by molar-refractivity contribution is 5.75. The van der Waals surface area contributed by atoms with Gasteiger partial charge in [0, 0.05) is 6.04 Å². The fraction of sp³-hybridized carbons (Fsp3) is 0.562. The Morgan fingerprint density at radius 1 is 1.16 bits per heavy atom. The van der Waals surface area contributed by atoms with E-state index in [0.29, 0.717) is 12.0 Å². The van der Waals surface area contributed by atoms with E-state index < -0.39 is 0 Å². The molecule has 3 heteroatoms. The Labute approximate surface area is 115 Å². The normalized spacial score (nSPS) is 26.6. The number of nitrogens with zero attached hydrogens (tertiary/aromatic N) is 1. The minimum atomic E-state index is 0.519. The van der Waals surface area contributed by atoms with Crippen LogP contribution < -0.4 is 5.32 Å². The summed E-state index contributed by atoms with van der Waals surface area (Å²) in [4.78, 5) is 4.35. The molecule has 0 unspecified atom stereocenters. The Bertz CT molecular complexity index is 430. The first-order valence-electron chi connectivity index (χ1n) is 7.39. The summed E-state index contributed by atoms with van der Waals surface area (Å²) in [6.07, 6.45) is 6.37. The molecule has 3 rings (SSSR count). The van der Waals surface area contributed by atoms with Gasteiger partial charge in [-0.25, -0.2) is 4.99 Å². The van der Waals surface area contributed by atoms with E-state index in [2.05, 4.69) is 40.6 Å². The van der Waals surface area contributed by atoms with Gasteiger partial charge in [-0.2, -0.15) is 0 Å². The van der Waals surface area contributed by atoms with E-state index in [1.807, 2.05) is 0 Å². The molecule has 1 aliphatic carbocycles. The second kappa shape index (κ2) is 6.09. The van der Waals surface area contributed by atoms with Gasteiger partial charge < -0.3 is 10.1 Å². The van der Waals surface area contributed by atoms with Gasteiger partial charge in [0.15, 0.2) is 0 Å². The largest absolute Gasteiger partial charge is 0.463 e. The Morgan fingerprint density at radius 2 is 2.00 bits per heavy atom. The van der Waals surface area contributed by atoms with Crippen molar-refractivity contribution in [2.24, 2.45) is 10.9 Å². The van der Waals surface area contributed by atoms with Crippen LogP contribution in [0.1, 0.15) is 31.2 Å². The molecule has 1 aromatic rings. The van der Waals surface area contributed by atoms with Crippen molar-refractivity contribution in [2.45, 2.75) is 38.1 Å². The second-order valence-corrected chi connectivity index (χ2v) is 5.52. The molecule has 1 aliphatic heterocycles. The topological polar surface area (TPSA) is 33.6 Å². The Morgan fingerprint density at radius 3 is 2.79 bits per heavy atom. The first-order valence-corrected chi connectivity index (χ1v) is 7.39. The van der Waals surface area contributed by atoms with E-state index in [4.69, 9.17) is 4.74 Å². The van der Waals surface area contributed by atoms with Gasteiger partial charge in [-0.3, -0.25) is 0 Å². The van der Waals surface area contributed by atoms with Gasteiger partial charge in [-0.05, 0) is 30.7 Å². The van der Waals surface area contributed by atoms with Gasteiger partial charge in [0.25, 0.3) is 6.02 Å². The van der Waals surface area contributed by atoms with Crippen LogP contribution in [0.25, 0.3) is 0 Å². The molecule has 0 saturated heterocycles. The molecule has 0 spiro atoms. The van der Waals surface area contributed by atoms with Crippen molar-refractivity contribution in [1.82, 2.24) is 5.32 Å². The molecule has 1 aromatic carbocycles. The molecular formula is C16H22N2O. The van der Waals surface area contributed by atoms with E-state index in [0.717, 1.165) is 25.6 Å². The van der Waals surface area contributed by atoms with Crippen molar-refractivity contribution in [1.29, 1.82) is 0 Å². The summed E-state index contributed by atoms with van der Waals surface area (Å²) < 4.78 is 5.49. The fourth-order valence-electron chi connectivity index (χ4n) is 3.14. The molecule has 1 heterocycles. The van der Waals surface area contributed by atoms with Crippen LogP contribution in [0.2, 0.25) is 0 Å². The summed E-state index contributed by atoms with van der Waals surface area (Å²) in [6.45, 7) is 1.54. The predicted octanol–water partition coefficient (Wildman–Crippen LogP) is 2.76. The van der Waals surface area contributed by atoms with Crippen molar-refractivity contribution in [3.63, 3.8) is 0 Å². The maximum atomic E-state index is 5.49. The zero-order valence-electron chi connectivity index (χ0n) is 11.3. The first kappa shape index (κ1) is 12.5. The van der Waals surface area contributed by atoms with Crippen LogP contribution in [0.4, 0.5) is 0 Å². The summed E-state index contributed by atoms with van der Waals surface area (Å²) in [6, 6.07) is 12.1. The Balaban J connectivity index is 1.63. The molecule has 0 bridgehead atoms. The van der Waals surface area contributed by atoms with Crippen molar-refractivity contribution < 1.29 is 4.74 Å². The number of rotatable bonds is 3. The average Bonchev–Trinajstić information content (AvgIpc) is 2.95. The molecule has 1 saturated carbocycles. The quantitative estimate of drug-likeness (QED) is 0.904. The summed E-state index contributed by atoms with van der Waals surface area (Å²) in [5.74, 6) is 0.697. The molecule has 3 nitrogen and oxygen atoms in total. The maximum absolute atomic E-state index is 5.49. The van der Waals surface area contributed by atoms with Crippen LogP contribution in [-0.4, -0.2) is 25.2 Å². The monoisotopic (exact) mass is 258 g/mol. The third-order valence-corrected chi connectivity index (χ3v) is 4.14. The van der Waals surface area contributed by atoms with Crippen LogP contribution in [0.5, 0.6) is 0 Å². The third kappa shape index (κ3) is 3.28. The summed E-state index contributed by atoms with van der Waals surface area (Å²) in [7, 11) is 0. The lowest BCUT2D eigenvalue weighted by Gasteiger charge is -2.32. The molecule has 102 valence electrons. The van der Waals surface area contributed by atoms with E-state index >= 15 is 0 Å². The molecule has 2 aliphatic rings. The summed E-state index contributed by atoms with van der Waals surface area (Å²) >= 11 is 0. The van der Waals surface area contributed by atoms with Gasteiger partial charge in [-0.15, -0.1) is 0 Å². The first-order chi connectivity index (χ1) is 9.42. The van der Waals surface area contributed by atoms with Crippen molar-refractivity contribution >= 4 is 6.02 Å². The summed E-state index contributed by atoms with van der Waals surface area (Å²) in [5, 5.41) is 3.52. The standard InChI is InChI=1S/C16H22N2O/c1-2-6-13(7-3-1)12-14-8-4-5-9-15(14)18-16-17-10-11-19-16/h1-3,6-7,14-15H,4-5,8-12H2,(H,17,18)/t14-,15+/m1/s1. The van der Waals surface area contributed by atoms with Gasteiger partial charge >= 0.3 is 0 Å². The molecule has 2 atom stereocenters. The smallest absolute Gasteiger partial charge is 0.285 e. The third-order valence-electron chi connectivity index (χ3n) is 4.14. The average molecular weight is 258 g/mol. The molecule has 1 fully saturated rings. The van der Waals surface area contributed by atoms with Crippen LogP contribution in [0, 0.1) is 5.92 Å². The van der Waals surface area contributed by atoms with Gasteiger partial charge in [-0.1, -0.05) is 43.2 Å². The van der Waals surface area contributed by atoms with Crippen molar-refractivity contribution in [3.8, 4) is 0 Å². The van der Waals surface area contributed by atoms with Crippen LogP contribution >= 0.6 is 0 Å². The second-order valence-electron chi connectivity index (χ2n) is 5.52. The van der Waals surface area contributed by atoms with Crippen molar-refractivity contribution in [3.05, 3.63) is 35.9 Å². The van der Waals surface area contributed by atoms with Crippen LogP contribution in [-0.2, 0) is 11.2 Å². The molecule has 0 amide bonds. The molecule has 0 radical (unpaired) electrons. The Hall–Kier alpha value is -1.51. The highest BCUT2D eigenvalue weighted by Gasteiger charge is 2.27. The zero-order valence-corrected chi connectivity index (χ0v) is 11.3. The highest BCUT2D eigenvalue weighted by atomic mass is 16.5. The van der Waals surface area contributed by atoms with Gasteiger partial charge in [0.05, 0.1) is 6.54 Å². The predicted molar refractivity (Wildman–Crippen MR) is 77.3 cm³/mol. The summed E-state index contributed by atoms with van der Waals surface area (Å²) in [5.41, 5.74) is 1.44. The van der Waals surface area contributed by atoms with Crippen LogP contribution in [0.15, 0.2) is 35.3 Å². The van der Waals surface area contributed by atoms with Crippen LogP contribution in [0.3, 0.4) is 0 Å². The van der Waals surface area contributed by atoms with E-state index in [1.165, 1.54) is 31.2 Å². The molecular weight excluding hydrogens is 236 g/mol. The molecule has 0 aromatic heterocycles. The fourth-order valence-corrected chi connectivity index (χ4v) is 3.14. The molecule has 19 heavy (non-hydrogen) atoms. The Kier molecular flexibility index (Phi) is 4.01. The lowest BCUT2D eigenvalue weighted by atomic mass is 9.81. The minimum absolute atomic E-state index is 0.519. The number of aliphatic imine (C=N–C) groups is 1. The number of hydrogen-bond acceptors (Lipinski definition) is 3. The zero-order chi connectivity index (χ0) is 12.9. The van der Waals surface area contributed by atoms with Crippen molar-refractivity contribution in [2.75, 3.05) is 13.2 Å². The number of amidine groups is 1.